The van der Waals surface area contributed by atoms with Crippen LogP contribution in [-0.2, 0) is 24.9 Å². The quantitative estimate of drug-likeness (QED) is 0.299. The fraction of sp³-hybridized carbons (Fsp3) is 0.714. The summed E-state index contributed by atoms with van der Waals surface area (Å²) in [6.07, 6.45) is -10.4. The number of halogens is 7. The van der Waals surface area contributed by atoms with Gasteiger partial charge in [0.1, 0.15) is 6.35 Å². The maximum absolute atomic E-state index is 13.9. The predicted octanol–water partition coefficient (Wildman–Crippen LogP) is 3.53. The van der Waals surface area contributed by atoms with Gasteiger partial charge in [0.2, 0.25) is 0 Å². The molecule has 0 bridgehead atoms. The molecule has 16 heteroatoms. The van der Waals surface area contributed by atoms with Crippen molar-refractivity contribution >= 4 is 13.4 Å². The van der Waals surface area contributed by atoms with Crippen LogP contribution in [0.2, 0.25) is 0 Å². The van der Waals surface area contributed by atoms with Gasteiger partial charge >= 0.3 is 25.6 Å². The third kappa shape index (κ3) is 10.4. The Morgan fingerprint density at radius 1 is 1.13 bits per heavy atom. The van der Waals surface area contributed by atoms with E-state index in [1.807, 2.05) is 0 Å². The lowest BCUT2D eigenvalue weighted by Crippen LogP contribution is -2.28. The number of aromatic nitrogens is 2. The molecular formula is C14H19F7N3O5P. The normalized spacial score (nSPS) is 13.1. The highest BCUT2D eigenvalue weighted by atomic mass is 31.2. The molecule has 8 nitrogen and oxygen atoms in total. The minimum atomic E-state index is -4.97. The summed E-state index contributed by atoms with van der Waals surface area (Å²) >= 11 is 0. The molecule has 1 aromatic rings. The van der Waals surface area contributed by atoms with Crippen molar-refractivity contribution in [3.8, 4) is 0 Å². The van der Waals surface area contributed by atoms with Crippen LogP contribution in [-0.4, -0.2) is 54.1 Å². The van der Waals surface area contributed by atoms with Crippen molar-refractivity contribution in [1.82, 2.24) is 9.55 Å². The summed E-state index contributed by atoms with van der Waals surface area (Å²) in [7, 11) is -4.93. The van der Waals surface area contributed by atoms with E-state index >= 15 is 0 Å². The smallest absolute Gasteiger partial charge is 0.367 e. The Labute approximate surface area is 165 Å². The summed E-state index contributed by atoms with van der Waals surface area (Å²) in [6.45, 7) is -1.80. The highest BCUT2D eigenvalue weighted by Gasteiger charge is 2.38. The van der Waals surface area contributed by atoms with E-state index in [2.05, 4.69) is 19.3 Å². The molecule has 0 aliphatic rings. The third-order valence-corrected chi connectivity index (χ3v) is 4.49. The zero-order valence-electron chi connectivity index (χ0n) is 15.7. The van der Waals surface area contributed by atoms with E-state index in [1.54, 1.807) is 13.8 Å². The number of ether oxygens (including phenoxy) is 1. The van der Waals surface area contributed by atoms with Crippen molar-refractivity contribution in [2.24, 2.45) is 0 Å². The maximum Gasteiger partial charge on any atom is 0.412 e. The number of rotatable bonds is 11. The van der Waals surface area contributed by atoms with Gasteiger partial charge in [-0.3, -0.25) is 18.2 Å². The lowest BCUT2D eigenvalue weighted by molar-refractivity contribution is -0.166. The number of alkyl halides is 6. The van der Waals surface area contributed by atoms with Gasteiger partial charge in [-0.25, -0.2) is 9.18 Å². The molecule has 1 aromatic heterocycles. The van der Waals surface area contributed by atoms with Crippen LogP contribution in [0.5, 0.6) is 0 Å². The van der Waals surface area contributed by atoms with Crippen LogP contribution >= 0.6 is 7.60 Å². The van der Waals surface area contributed by atoms with Crippen molar-refractivity contribution in [3.63, 3.8) is 0 Å². The van der Waals surface area contributed by atoms with Gasteiger partial charge < -0.3 is 10.1 Å². The molecule has 30 heavy (non-hydrogen) atoms. The summed E-state index contributed by atoms with van der Waals surface area (Å²) in [4.78, 5) is 15.3. The van der Waals surface area contributed by atoms with E-state index in [9.17, 15) is 40.1 Å². The van der Waals surface area contributed by atoms with Crippen LogP contribution in [0.15, 0.2) is 11.0 Å². The minimum absolute atomic E-state index is 0.215. The first-order valence-electron chi connectivity index (χ1n) is 8.23. The Morgan fingerprint density at radius 3 is 2.13 bits per heavy atom. The Hall–Kier alpha value is -1.70. The highest BCUT2D eigenvalue weighted by molar-refractivity contribution is 7.53. The van der Waals surface area contributed by atoms with Crippen molar-refractivity contribution in [3.05, 3.63) is 22.5 Å². The van der Waals surface area contributed by atoms with Crippen molar-refractivity contribution < 1.29 is 49.1 Å². The van der Waals surface area contributed by atoms with Crippen LogP contribution in [0.1, 0.15) is 13.8 Å². The topological polar surface area (TPSA) is 91.7 Å². The van der Waals surface area contributed by atoms with Crippen LogP contribution in [0.4, 0.5) is 36.6 Å². The SMILES string of the molecule is CC(C)Nc1nc(=O)n(CCOCP(=O)(OCC(F)(F)F)OCC(F)(F)F)cc1F. The summed E-state index contributed by atoms with van der Waals surface area (Å²) in [5.41, 5.74) is -0.895. The van der Waals surface area contributed by atoms with Gasteiger partial charge in [0.05, 0.1) is 13.2 Å². The Kier molecular flexibility index (Phi) is 9.26. The van der Waals surface area contributed by atoms with E-state index in [1.165, 1.54) is 0 Å². The first kappa shape index (κ1) is 26.3. The molecule has 0 amide bonds. The number of nitrogens with zero attached hydrogens (tertiary/aromatic N) is 2. The second kappa shape index (κ2) is 10.6. The zero-order chi connectivity index (χ0) is 23.2. The number of anilines is 1. The average molecular weight is 473 g/mol. The van der Waals surface area contributed by atoms with Crippen molar-refractivity contribution in [2.45, 2.75) is 38.8 Å². The summed E-state index contributed by atoms with van der Waals surface area (Å²) in [5, 5.41) is 2.60. The Bertz CT molecular complexity index is 776. The Balaban J connectivity index is 2.71. The largest absolute Gasteiger partial charge is 0.412 e. The molecular weight excluding hydrogens is 454 g/mol. The first-order valence-corrected chi connectivity index (χ1v) is 9.96. The van der Waals surface area contributed by atoms with Gasteiger partial charge in [0.15, 0.2) is 24.8 Å². The van der Waals surface area contributed by atoms with Crippen molar-refractivity contribution in [2.75, 3.05) is 31.5 Å². The monoisotopic (exact) mass is 473 g/mol. The molecule has 0 spiro atoms. The minimum Gasteiger partial charge on any atom is -0.367 e. The lowest BCUT2D eigenvalue weighted by Gasteiger charge is -2.20. The molecule has 0 atom stereocenters. The summed E-state index contributed by atoms with van der Waals surface area (Å²) in [6, 6.07) is -0.215. The average Bonchev–Trinajstić information content (AvgIpc) is 2.58. The van der Waals surface area contributed by atoms with Crippen LogP contribution in [0, 0.1) is 5.82 Å². The predicted molar refractivity (Wildman–Crippen MR) is 89.7 cm³/mol. The molecule has 0 fully saturated rings. The van der Waals surface area contributed by atoms with Crippen LogP contribution < -0.4 is 11.0 Å². The van der Waals surface area contributed by atoms with Gasteiger partial charge in [-0.1, -0.05) is 0 Å². The molecule has 0 aliphatic heterocycles. The molecule has 0 saturated heterocycles. The van der Waals surface area contributed by atoms with E-state index < -0.39 is 57.6 Å². The number of nitrogens with one attached hydrogen (secondary N) is 1. The second-order valence-electron chi connectivity index (χ2n) is 6.14. The zero-order valence-corrected chi connectivity index (χ0v) is 16.6. The number of hydrogen-bond donors (Lipinski definition) is 1. The molecule has 0 aromatic carbocycles. The molecule has 0 saturated carbocycles. The molecule has 1 heterocycles. The molecule has 0 radical (unpaired) electrons. The van der Waals surface area contributed by atoms with E-state index in [0.29, 0.717) is 0 Å². The summed E-state index contributed by atoms with van der Waals surface area (Å²) in [5.74, 6) is -1.17. The molecule has 0 aliphatic carbocycles. The number of hydrogen-bond acceptors (Lipinski definition) is 7. The van der Waals surface area contributed by atoms with Gasteiger partial charge in [-0.15, -0.1) is 0 Å². The van der Waals surface area contributed by atoms with Crippen LogP contribution in [0.3, 0.4) is 0 Å². The maximum atomic E-state index is 13.9. The second-order valence-corrected chi connectivity index (χ2v) is 8.13. The Morgan fingerprint density at radius 2 is 1.67 bits per heavy atom. The molecule has 174 valence electrons. The van der Waals surface area contributed by atoms with Gasteiger partial charge in [0.25, 0.3) is 0 Å². The highest BCUT2D eigenvalue weighted by Crippen LogP contribution is 2.50. The summed E-state index contributed by atoms with van der Waals surface area (Å²) < 4.78 is 113. The molecule has 1 rings (SSSR count). The van der Waals surface area contributed by atoms with Gasteiger partial charge in [0, 0.05) is 12.2 Å². The third-order valence-electron chi connectivity index (χ3n) is 2.95. The molecule has 1 N–H and O–H groups in total. The van der Waals surface area contributed by atoms with Crippen molar-refractivity contribution in [1.29, 1.82) is 0 Å². The van der Waals surface area contributed by atoms with E-state index in [0.717, 1.165) is 10.8 Å². The first-order chi connectivity index (χ1) is 13.6. The van der Waals surface area contributed by atoms with Gasteiger partial charge in [-0.05, 0) is 13.8 Å². The molecule has 0 unspecified atom stereocenters. The van der Waals surface area contributed by atoms with E-state index in [4.69, 9.17) is 4.74 Å². The fourth-order valence-corrected chi connectivity index (χ4v) is 3.06. The fourth-order valence-electron chi connectivity index (χ4n) is 1.80. The standard InChI is InChI=1S/C14H19F7N3O5P/c1-9(2)22-11-10(15)5-24(12(25)23-11)3-4-27-8-30(26,28-6-13(16,17)18)29-7-14(19,20)21/h5,9H,3-4,6-8H2,1-2H3,(H,22,23,25). The van der Waals surface area contributed by atoms with Crippen LogP contribution in [0.25, 0.3) is 0 Å². The van der Waals surface area contributed by atoms with E-state index in [-0.39, 0.29) is 18.4 Å². The lowest BCUT2D eigenvalue weighted by atomic mass is 10.4. The van der Waals surface area contributed by atoms with Gasteiger partial charge in [-0.2, -0.15) is 31.3 Å².